The van der Waals surface area contributed by atoms with Crippen LogP contribution in [0.4, 0.5) is 0 Å². The van der Waals surface area contributed by atoms with Crippen molar-refractivity contribution in [3.05, 3.63) is 22.4 Å². The molecule has 1 amide bonds. The van der Waals surface area contributed by atoms with Gasteiger partial charge in [0.05, 0.1) is 0 Å². The van der Waals surface area contributed by atoms with E-state index in [1.54, 1.807) is 0 Å². The normalized spacial score (nSPS) is 25.7. The first-order chi connectivity index (χ1) is 8.72. The molecular formula is C13H20N2OS2. The van der Waals surface area contributed by atoms with Crippen LogP contribution in [0, 0.1) is 0 Å². The molecule has 5 heteroatoms. The Kier molecular flexibility index (Phi) is 5.09. The van der Waals surface area contributed by atoms with Crippen molar-refractivity contribution in [2.24, 2.45) is 5.73 Å². The number of carbonyl (C=O) groups is 1. The number of rotatable bonds is 4. The lowest BCUT2D eigenvalue weighted by atomic mass is 9.94. The fraction of sp³-hybridized carbons (Fsp3) is 0.615. The van der Waals surface area contributed by atoms with Gasteiger partial charge in [-0.1, -0.05) is 18.9 Å². The molecule has 0 bridgehead atoms. The number of hydrogen-bond donors (Lipinski definition) is 2. The van der Waals surface area contributed by atoms with Gasteiger partial charge in [-0.2, -0.15) is 11.8 Å². The van der Waals surface area contributed by atoms with Crippen LogP contribution in [0.15, 0.2) is 17.5 Å². The Balaban J connectivity index is 1.93. The van der Waals surface area contributed by atoms with Crippen molar-refractivity contribution >= 4 is 29.0 Å². The molecule has 1 saturated carbocycles. The quantitative estimate of drug-likeness (QED) is 0.893. The third-order valence-electron chi connectivity index (χ3n) is 3.47. The fourth-order valence-electron chi connectivity index (χ4n) is 2.41. The lowest BCUT2D eigenvalue weighted by Gasteiger charge is -2.31. The summed E-state index contributed by atoms with van der Waals surface area (Å²) < 4.78 is 0. The Morgan fingerprint density at radius 1 is 1.56 bits per heavy atom. The molecular weight excluding hydrogens is 264 g/mol. The number of thioether (sulfide) groups is 1. The van der Waals surface area contributed by atoms with Gasteiger partial charge in [0.2, 0.25) is 5.91 Å². The fourth-order valence-corrected chi connectivity index (χ4v) is 4.07. The van der Waals surface area contributed by atoms with Gasteiger partial charge in [-0.05, 0) is 30.5 Å². The predicted molar refractivity (Wildman–Crippen MR) is 78.9 cm³/mol. The summed E-state index contributed by atoms with van der Waals surface area (Å²) in [6, 6.07) is 3.61. The minimum absolute atomic E-state index is 0.0385. The first-order valence-electron chi connectivity index (χ1n) is 6.34. The molecule has 3 N–H and O–H groups in total. The molecule has 1 aromatic rings. The molecule has 1 aliphatic carbocycles. The average Bonchev–Trinajstić information content (AvgIpc) is 2.92. The smallest absolute Gasteiger partial charge is 0.242 e. The van der Waals surface area contributed by atoms with Gasteiger partial charge in [-0.3, -0.25) is 4.79 Å². The summed E-state index contributed by atoms with van der Waals surface area (Å²) in [5.74, 6) is -0.0385. The van der Waals surface area contributed by atoms with E-state index < -0.39 is 6.04 Å². The number of hydrogen-bond acceptors (Lipinski definition) is 4. The maximum Gasteiger partial charge on any atom is 0.242 e. The molecule has 0 saturated heterocycles. The average molecular weight is 284 g/mol. The highest BCUT2D eigenvalue weighted by Gasteiger charge is 2.27. The molecule has 0 aromatic carbocycles. The second-order valence-corrected chi connectivity index (χ2v) is 6.72. The summed E-state index contributed by atoms with van der Waals surface area (Å²) >= 11 is 3.39. The van der Waals surface area contributed by atoms with Gasteiger partial charge >= 0.3 is 0 Å². The zero-order valence-corrected chi connectivity index (χ0v) is 12.2. The van der Waals surface area contributed by atoms with Crippen LogP contribution in [0.3, 0.4) is 0 Å². The summed E-state index contributed by atoms with van der Waals surface area (Å²) in [4.78, 5) is 13.1. The minimum atomic E-state index is -0.519. The van der Waals surface area contributed by atoms with Gasteiger partial charge in [0.1, 0.15) is 6.04 Å². The van der Waals surface area contributed by atoms with E-state index in [1.165, 1.54) is 30.6 Å². The topological polar surface area (TPSA) is 55.1 Å². The molecule has 0 spiro atoms. The molecule has 1 aromatic heterocycles. The molecule has 100 valence electrons. The highest BCUT2D eigenvalue weighted by molar-refractivity contribution is 7.99. The van der Waals surface area contributed by atoms with E-state index >= 15 is 0 Å². The highest BCUT2D eigenvalue weighted by atomic mass is 32.2. The first-order valence-corrected chi connectivity index (χ1v) is 8.51. The van der Waals surface area contributed by atoms with Crippen LogP contribution in [0.1, 0.15) is 36.6 Å². The van der Waals surface area contributed by atoms with Crippen molar-refractivity contribution in [2.75, 3.05) is 6.26 Å². The van der Waals surface area contributed by atoms with Crippen LogP contribution < -0.4 is 11.1 Å². The van der Waals surface area contributed by atoms with E-state index in [2.05, 4.69) is 11.6 Å². The second kappa shape index (κ2) is 6.59. The molecule has 3 atom stereocenters. The van der Waals surface area contributed by atoms with E-state index in [1.807, 2.05) is 29.3 Å². The van der Waals surface area contributed by atoms with Crippen LogP contribution in [0.25, 0.3) is 0 Å². The van der Waals surface area contributed by atoms with Crippen LogP contribution >= 0.6 is 23.1 Å². The Morgan fingerprint density at radius 3 is 3.00 bits per heavy atom. The van der Waals surface area contributed by atoms with Gasteiger partial charge in [-0.25, -0.2) is 0 Å². The lowest BCUT2D eigenvalue weighted by molar-refractivity contribution is -0.123. The summed E-state index contributed by atoms with van der Waals surface area (Å²) in [5, 5.41) is 5.62. The maximum atomic E-state index is 12.1. The van der Waals surface area contributed by atoms with Crippen molar-refractivity contribution in [3.8, 4) is 0 Å². The number of thiophene rings is 1. The molecule has 1 aliphatic rings. The minimum Gasteiger partial charge on any atom is -0.351 e. The zero-order chi connectivity index (χ0) is 13.0. The summed E-state index contributed by atoms with van der Waals surface area (Å²) in [6.07, 6.45) is 6.87. The van der Waals surface area contributed by atoms with Crippen LogP contribution in [-0.4, -0.2) is 23.5 Å². The third-order valence-corrected chi connectivity index (χ3v) is 5.59. The molecule has 3 unspecified atom stereocenters. The van der Waals surface area contributed by atoms with Crippen molar-refractivity contribution in [2.45, 2.75) is 43.0 Å². The molecule has 1 heterocycles. The summed E-state index contributed by atoms with van der Waals surface area (Å²) in [5.41, 5.74) is 5.98. The van der Waals surface area contributed by atoms with Gasteiger partial charge in [-0.15, -0.1) is 11.3 Å². The third kappa shape index (κ3) is 3.28. The van der Waals surface area contributed by atoms with E-state index in [0.29, 0.717) is 5.25 Å². The van der Waals surface area contributed by atoms with E-state index in [-0.39, 0.29) is 11.9 Å². The largest absolute Gasteiger partial charge is 0.351 e. The Hall–Kier alpha value is -0.520. The number of nitrogens with two attached hydrogens (primary N) is 1. The van der Waals surface area contributed by atoms with Crippen molar-refractivity contribution in [1.29, 1.82) is 0 Å². The predicted octanol–water partition coefficient (Wildman–Crippen LogP) is 2.54. The Bertz CT molecular complexity index is 380. The first kappa shape index (κ1) is 13.9. The van der Waals surface area contributed by atoms with Crippen molar-refractivity contribution in [3.63, 3.8) is 0 Å². The monoisotopic (exact) mass is 284 g/mol. The highest BCUT2D eigenvalue weighted by Crippen LogP contribution is 2.27. The molecule has 18 heavy (non-hydrogen) atoms. The lowest BCUT2D eigenvalue weighted by Crippen LogP contribution is -2.46. The zero-order valence-electron chi connectivity index (χ0n) is 10.6. The summed E-state index contributed by atoms with van der Waals surface area (Å²) in [6.45, 7) is 0. The standard InChI is InChI=1S/C13H20N2OS2/c1-17-10-6-3-2-5-9(10)15-13(16)12(14)11-7-4-8-18-11/h4,7-10,12H,2-3,5-6,14H2,1H3,(H,15,16). The Morgan fingerprint density at radius 2 is 2.33 bits per heavy atom. The van der Waals surface area contributed by atoms with E-state index in [9.17, 15) is 4.79 Å². The molecule has 2 rings (SSSR count). The van der Waals surface area contributed by atoms with Gasteiger partial charge in [0.25, 0.3) is 0 Å². The molecule has 0 radical (unpaired) electrons. The second-order valence-electron chi connectivity index (χ2n) is 4.67. The maximum absolute atomic E-state index is 12.1. The Labute approximate surface area is 117 Å². The molecule has 3 nitrogen and oxygen atoms in total. The van der Waals surface area contributed by atoms with Gasteiger partial charge in [0.15, 0.2) is 0 Å². The number of nitrogens with one attached hydrogen (secondary N) is 1. The van der Waals surface area contributed by atoms with Gasteiger partial charge in [0, 0.05) is 16.2 Å². The molecule has 1 fully saturated rings. The van der Waals surface area contributed by atoms with Crippen LogP contribution in [0.2, 0.25) is 0 Å². The van der Waals surface area contributed by atoms with E-state index in [0.717, 1.165) is 11.3 Å². The summed E-state index contributed by atoms with van der Waals surface area (Å²) in [7, 11) is 0. The van der Waals surface area contributed by atoms with Crippen molar-refractivity contribution in [1.82, 2.24) is 5.32 Å². The number of carbonyl (C=O) groups excluding carboxylic acids is 1. The SMILES string of the molecule is CSC1CCCCC1NC(=O)C(N)c1cccs1. The van der Waals surface area contributed by atoms with Gasteiger partial charge < -0.3 is 11.1 Å². The van der Waals surface area contributed by atoms with Crippen LogP contribution in [-0.2, 0) is 4.79 Å². The molecule has 0 aliphatic heterocycles. The number of amides is 1. The van der Waals surface area contributed by atoms with E-state index in [4.69, 9.17) is 5.73 Å². The van der Waals surface area contributed by atoms with Crippen molar-refractivity contribution < 1.29 is 4.79 Å². The van der Waals surface area contributed by atoms with Crippen LogP contribution in [0.5, 0.6) is 0 Å².